The Hall–Kier alpha value is -1.05. The Bertz CT molecular complexity index is 307. The molecule has 15 heavy (non-hydrogen) atoms. The standard InChI is InChI=1S/C13H18FN/c1-2-10-6-8-11(9-7-10)15-13-5-3-4-12(13)14/h6-9,12-13,15H,2-5H2,1H3/t12-,13-/m1/s1. The van der Waals surface area contributed by atoms with Crippen LogP contribution in [0.25, 0.3) is 0 Å². The van der Waals surface area contributed by atoms with Gasteiger partial charge in [0.1, 0.15) is 6.17 Å². The third-order valence-electron chi connectivity index (χ3n) is 3.15. The maximum atomic E-state index is 13.4. The van der Waals surface area contributed by atoms with Crippen LogP contribution in [-0.4, -0.2) is 12.2 Å². The second-order valence-electron chi connectivity index (χ2n) is 4.25. The van der Waals surface area contributed by atoms with Gasteiger partial charge < -0.3 is 5.32 Å². The highest BCUT2D eigenvalue weighted by Gasteiger charge is 2.26. The van der Waals surface area contributed by atoms with E-state index in [0.29, 0.717) is 6.42 Å². The van der Waals surface area contributed by atoms with E-state index in [-0.39, 0.29) is 6.04 Å². The third kappa shape index (κ3) is 2.49. The fourth-order valence-corrected chi connectivity index (χ4v) is 2.13. The van der Waals surface area contributed by atoms with Crippen LogP contribution >= 0.6 is 0 Å². The van der Waals surface area contributed by atoms with Crippen molar-refractivity contribution in [3.63, 3.8) is 0 Å². The van der Waals surface area contributed by atoms with Crippen molar-refractivity contribution in [1.29, 1.82) is 0 Å². The molecule has 2 rings (SSSR count). The minimum atomic E-state index is -0.671. The lowest BCUT2D eigenvalue weighted by atomic mass is 10.1. The zero-order valence-corrected chi connectivity index (χ0v) is 9.17. The van der Waals surface area contributed by atoms with Crippen LogP contribution in [0.2, 0.25) is 0 Å². The van der Waals surface area contributed by atoms with Gasteiger partial charge in [0.05, 0.1) is 6.04 Å². The van der Waals surface area contributed by atoms with Crippen molar-refractivity contribution < 1.29 is 4.39 Å². The Morgan fingerprint density at radius 2 is 2.00 bits per heavy atom. The maximum absolute atomic E-state index is 13.4. The molecule has 82 valence electrons. The molecule has 0 saturated heterocycles. The number of halogens is 1. The van der Waals surface area contributed by atoms with Crippen LogP contribution in [0.4, 0.5) is 10.1 Å². The lowest BCUT2D eigenvalue weighted by molar-refractivity contribution is 0.323. The minimum Gasteiger partial charge on any atom is -0.379 e. The number of hydrogen-bond donors (Lipinski definition) is 1. The number of hydrogen-bond acceptors (Lipinski definition) is 1. The summed E-state index contributed by atoms with van der Waals surface area (Å²) in [6.07, 6.45) is 3.05. The summed E-state index contributed by atoms with van der Waals surface area (Å²) < 4.78 is 13.4. The average molecular weight is 207 g/mol. The second kappa shape index (κ2) is 4.65. The molecule has 1 N–H and O–H groups in total. The molecule has 0 radical (unpaired) electrons. The first-order valence-electron chi connectivity index (χ1n) is 5.79. The summed E-state index contributed by atoms with van der Waals surface area (Å²) >= 11 is 0. The van der Waals surface area contributed by atoms with Gasteiger partial charge in [0, 0.05) is 5.69 Å². The van der Waals surface area contributed by atoms with Gasteiger partial charge in [0.2, 0.25) is 0 Å². The summed E-state index contributed by atoms with van der Waals surface area (Å²) in [5.41, 5.74) is 2.37. The SMILES string of the molecule is CCc1ccc(N[C@@H]2CCC[C@H]2F)cc1. The third-order valence-corrected chi connectivity index (χ3v) is 3.15. The first-order chi connectivity index (χ1) is 7.29. The summed E-state index contributed by atoms with van der Waals surface area (Å²) in [6, 6.07) is 8.32. The van der Waals surface area contributed by atoms with Crippen molar-refractivity contribution in [1.82, 2.24) is 0 Å². The van der Waals surface area contributed by atoms with Gasteiger partial charge >= 0.3 is 0 Å². The van der Waals surface area contributed by atoms with Crippen LogP contribution in [0.3, 0.4) is 0 Å². The molecule has 1 nitrogen and oxygen atoms in total. The van der Waals surface area contributed by atoms with Gasteiger partial charge in [-0.15, -0.1) is 0 Å². The molecule has 1 aromatic carbocycles. The van der Waals surface area contributed by atoms with E-state index in [4.69, 9.17) is 0 Å². The summed E-state index contributed by atoms with van der Waals surface area (Å²) in [5, 5.41) is 3.27. The highest BCUT2D eigenvalue weighted by Crippen LogP contribution is 2.25. The van der Waals surface area contributed by atoms with E-state index in [1.807, 2.05) is 12.1 Å². The van der Waals surface area contributed by atoms with Gasteiger partial charge in [-0.05, 0) is 43.4 Å². The highest BCUT2D eigenvalue weighted by atomic mass is 19.1. The van der Waals surface area contributed by atoms with E-state index >= 15 is 0 Å². The Labute approximate surface area is 90.7 Å². The van der Waals surface area contributed by atoms with Crippen molar-refractivity contribution in [3.8, 4) is 0 Å². The Balaban J connectivity index is 1.98. The first kappa shape index (κ1) is 10.5. The van der Waals surface area contributed by atoms with E-state index in [0.717, 1.165) is 24.9 Å². The normalized spacial score (nSPS) is 25.5. The van der Waals surface area contributed by atoms with Gasteiger partial charge in [-0.3, -0.25) is 0 Å². The van der Waals surface area contributed by atoms with Gasteiger partial charge in [0.15, 0.2) is 0 Å². The minimum absolute atomic E-state index is 0.0254. The zero-order valence-electron chi connectivity index (χ0n) is 9.17. The zero-order chi connectivity index (χ0) is 10.7. The molecule has 0 spiro atoms. The Morgan fingerprint density at radius 3 is 2.53 bits per heavy atom. The molecule has 0 aliphatic heterocycles. The predicted molar refractivity (Wildman–Crippen MR) is 62.0 cm³/mol. The van der Waals surface area contributed by atoms with Crippen molar-refractivity contribution in [2.24, 2.45) is 0 Å². The molecule has 0 aromatic heterocycles. The molecule has 0 heterocycles. The molecular weight excluding hydrogens is 189 g/mol. The molecule has 1 fully saturated rings. The molecule has 0 unspecified atom stereocenters. The Kier molecular flexibility index (Phi) is 3.24. The summed E-state index contributed by atoms with van der Waals surface area (Å²) in [6.45, 7) is 2.14. The number of benzene rings is 1. The van der Waals surface area contributed by atoms with Gasteiger partial charge in [0.25, 0.3) is 0 Å². The number of nitrogens with one attached hydrogen (secondary N) is 1. The van der Waals surface area contributed by atoms with Crippen molar-refractivity contribution in [2.75, 3.05) is 5.32 Å². The summed E-state index contributed by atoms with van der Waals surface area (Å²) in [5.74, 6) is 0. The smallest absolute Gasteiger partial charge is 0.120 e. The highest BCUT2D eigenvalue weighted by molar-refractivity contribution is 5.45. The quantitative estimate of drug-likeness (QED) is 0.799. The van der Waals surface area contributed by atoms with Crippen LogP contribution in [0.5, 0.6) is 0 Å². The monoisotopic (exact) mass is 207 g/mol. The van der Waals surface area contributed by atoms with Crippen LogP contribution < -0.4 is 5.32 Å². The number of anilines is 1. The maximum Gasteiger partial charge on any atom is 0.120 e. The topological polar surface area (TPSA) is 12.0 Å². The van der Waals surface area contributed by atoms with Crippen molar-refractivity contribution >= 4 is 5.69 Å². The van der Waals surface area contributed by atoms with E-state index in [1.54, 1.807) is 0 Å². The van der Waals surface area contributed by atoms with E-state index in [2.05, 4.69) is 24.4 Å². The lowest BCUT2D eigenvalue weighted by Crippen LogP contribution is -2.24. The molecule has 1 aromatic rings. The van der Waals surface area contributed by atoms with Crippen molar-refractivity contribution in [3.05, 3.63) is 29.8 Å². The van der Waals surface area contributed by atoms with Crippen molar-refractivity contribution in [2.45, 2.75) is 44.8 Å². The molecule has 0 amide bonds. The van der Waals surface area contributed by atoms with Crippen LogP contribution in [0.15, 0.2) is 24.3 Å². The molecule has 1 aliphatic carbocycles. The summed E-state index contributed by atoms with van der Waals surface area (Å²) in [4.78, 5) is 0. The molecule has 1 aliphatic rings. The predicted octanol–water partition coefficient (Wildman–Crippen LogP) is 3.55. The fraction of sp³-hybridized carbons (Fsp3) is 0.538. The fourth-order valence-electron chi connectivity index (χ4n) is 2.13. The summed E-state index contributed by atoms with van der Waals surface area (Å²) in [7, 11) is 0. The van der Waals surface area contributed by atoms with Gasteiger partial charge in [-0.25, -0.2) is 4.39 Å². The van der Waals surface area contributed by atoms with E-state index in [9.17, 15) is 4.39 Å². The Morgan fingerprint density at radius 1 is 1.27 bits per heavy atom. The lowest BCUT2D eigenvalue weighted by Gasteiger charge is -2.16. The van der Waals surface area contributed by atoms with Crippen LogP contribution in [-0.2, 0) is 6.42 Å². The average Bonchev–Trinajstić information content (AvgIpc) is 2.66. The number of alkyl halides is 1. The molecule has 1 saturated carbocycles. The molecule has 0 bridgehead atoms. The molecular formula is C13H18FN. The van der Waals surface area contributed by atoms with Crippen LogP contribution in [0.1, 0.15) is 31.7 Å². The van der Waals surface area contributed by atoms with E-state index in [1.165, 1.54) is 5.56 Å². The van der Waals surface area contributed by atoms with Gasteiger partial charge in [-0.2, -0.15) is 0 Å². The molecule has 2 atom stereocenters. The number of aryl methyl sites for hydroxylation is 1. The van der Waals surface area contributed by atoms with Gasteiger partial charge in [-0.1, -0.05) is 19.1 Å². The van der Waals surface area contributed by atoms with Crippen LogP contribution in [0, 0.1) is 0 Å². The number of rotatable bonds is 3. The van der Waals surface area contributed by atoms with E-state index < -0.39 is 6.17 Å². The second-order valence-corrected chi connectivity index (χ2v) is 4.25. The first-order valence-corrected chi connectivity index (χ1v) is 5.79. The largest absolute Gasteiger partial charge is 0.379 e. The molecule has 2 heteroatoms.